The van der Waals surface area contributed by atoms with Crippen LogP contribution in [0.5, 0.6) is 17.2 Å². The number of nitrogens with two attached hydrogens (primary N) is 1. The number of thioether (sulfide) groups is 1. The summed E-state index contributed by atoms with van der Waals surface area (Å²) < 4.78 is 16.8. The molecule has 3 rings (SSSR count). The van der Waals surface area contributed by atoms with Crippen LogP contribution in [0.3, 0.4) is 0 Å². The summed E-state index contributed by atoms with van der Waals surface area (Å²) in [5.74, 6) is 2.75. The molecule has 7 heteroatoms. The molecule has 2 aromatic carbocycles. The summed E-state index contributed by atoms with van der Waals surface area (Å²) in [6, 6.07) is 13.7. The fourth-order valence-electron chi connectivity index (χ4n) is 2.39. The highest BCUT2D eigenvalue weighted by molar-refractivity contribution is 8.13. The molecule has 0 amide bonds. The van der Waals surface area contributed by atoms with E-state index >= 15 is 0 Å². The van der Waals surface area contributed by atoms with E-state index in [-0.39, 0.29) is 0 Å². The van der Waals surface area contributed by atoms with Gasteiger partial charge in [-0.05, 0) is 11.6 Å². The van der Waals surface area contributed by atoms with Crippen LogP contribution in [0.25, 0.3) is 0 Å². The van der Waals surface area contributed by atoms with Crippen molar-refractivity contribution >= 4 is 23.1 Å². The number of amidine groups is 1. The van der Waals surface area contributed by atoms with Crippen molar-refractivity contribution in [3.05, 3.63) is 53.6 Å². The molecule has 26 heavy (non-hydrogen) atoms. The topological polar surface area (TPSA) is 78.4 Å². The van der Waals surface area contributed by atoms with E-state index in [0.717, 1.165) is 17.7 Å². The fourth-order valence-corrected chi connectivity index (χ4v) is 3.00. The van der Waals surface area contributed by atoms with Gasteiger partial charge in [-0.15, -0.1) is 5.10 Å². The van der Waals surface area contributed by atoms with Gasteiger partial charge >= 0.3 is 0 Å². The predicted molar refractivity (Wildman–Crippen MR) is 106 cm³/mol. The molecule has 0 fully saturated rings. The van der Waals surface area contributed by atoms with Crippen molar-refractivity contribution in [3.63, 3.8) is 0 Å². The second-order valence-electron chi connectivity index (χ2n) is 5.55. The van der Waals surface area contributed by atoms with E-state index in [2.05, 4.69) is 10.2 Å². The Kier molecular flexibility index (Phi) is 6.38. The monoisotopic (exact) mass is 371 g/mol. The second-order valence-corrected chi connectivity index (χ2v) is 6.54. The predicted octanol–water partition coefficient (Wildman–Crippen LogP) is 3.44. The Labute approximate surface area is 157 Å². The van der Waals surface area contributed by atoms with Crippen LogP contribution in [-0.4, -0.2) is 31.7 Å². The summed E-state index contributed by atoms with van der Waals surface area (Å²) >= 11 is 1.44. The first kappa shape index (κ1) is 18.1. The molecule has 0 saturated heterocycles. The highest BCUT2D eigenvalue weighted by atomic mass is 32.2. The van der Waals surface area contributed by atoms with Crippen molar-refractivity contribution in [3.8, 4) is 17.2 Å². The van der Waals surface area contributed by atoms with Gasteiger partial charge in [-0.3, -0.25) is 0 Å². The van der Waals surface area contributed by atoms with Crippen LogP contribution in [0.2, 0.25) is 0 Å². The third-order valence-corrected chi connectivity index (χ3v) is 4.54. The van der Waals surface area contributed by atoms with Crippen LogP contribution in [0, 0.1) is 0 Å². The van der Waals surface area contributed by atoms with Gasteiger partial charge in [0.25, 0.3) is 0 Å². The SMILES string of the molecule is COc1cc2c(cc1C=NN=C(N)SCc1ccccc1)OCCCO2. The number of hydrogen-bond donors (Lipinski definition) is 1. The Morgan fingerprint density at radius 3 is 2.65 bits per heavy atom. The van der Waals surface area contributed by atoms with Gasteiger partial charge < -0.3 is 19.9 Å². The summed E-state index contributed by atoms with van der Waals surface area (Å²) in [6.07, 6.45) is 2.45. The summed E-state index contributed by atoms with van der Waals surface area (Å²) in [6.45, 7) is 1.25. The smallest absolute Gasteiger partial charge is 0.180 e. The number of ether oxygens (including phenoxy) is 3. The zero-order chi connectivity index (χ0) is 18.2. The average molecular weight is 371 g/mol. The Balaban J connectivity index is 1.68. The molecule has 0 atom stereocenters. The first-order valence-corrected chi connectivity index (χ1v) is 9.25. The van der Waals surface area contributed by atoms with Gasteiger partial charge in [0.15, 0.2) is 16.7 Å². The van der Waals surface area contributed by atoms with Crippen molar-refractivity contribution in [2.45, 2.75) is 12.2 Å². The van der Waals surface area contributed by atoms with E-state index in [1.54, 1.807) is 19.4 Å². The van der Waals surface area contributed by atoms with Gasteiger partial charge in [-0.25, -0.2) is 0 Å². The first-order valence-electron chi connectivity index (χ1n) is 8.27. The molecule has 0 radical (unpaired) electrons. The molecule has 2 N–H and O–H groups in total. The number of fused-ring (bicyclic) bond motifs is 1. The van der Waals surface area contributed by atoms with Crippen molar-refractivity contribution in [1.82, 2.24) is 0 Å². The largest absolute Gasteiger partial charge is 0.496 e. The van der Waals surface area contributed by atoms with Crippen LogP contribution in [-0.2, 0) is 5.75 Å². The standard InChI is InChI=1S/C19H21N3O3S/c1-23-16-11-18-17(24-8-5-9-25-18)10-15(16)12-21-22-19(20)26-13-14-6-3-2-4-7-14/h2-4,6-7,10-12H,5,8-9,13H2,1H3,(H2,20,22). The van der Waals surface area contributed by atoms with Gasteiger partial charge in [0.1, 0.15) is 5.75 Å². The lowest BCUT2D eigenvalue weighted by Crippen LogP contribution is -2.06. The summed E-state index contributed by atoms with van der Waals surface area (Å²) in [5.41, 5.74) is 7.85. The van der Waals surface area contributed by atoms with Crippen molar-refractivity contribution in [2.24, 2.45) is 15.9 Å². The van der Waals surface area contributed by atoms with E-state index in [1.807, 2.05) is 36.4 Å². The van der Waals surface area contributed by atoms with E-state index in [0.29, 0.717) is 35.6 Å². The maximum absolute atomic E-state index is 5.91. The van der Waals surface area contributed by atoms with E-state index in [4.69, 9.17) is 19.9 Å². The molecule has 136 valence electrons. The van der Waals surface area contributed by atoms with Gasteiger partial charge in [0, 0.05) is 23.8 Å². The number of nitrogens with zero attached hydrogens (tertiary/aromatic N) is 2. The lowest BCUT2D eigenvalue weighted by Gasteiger charge is -2.11. The summed E-state index contributed by atoms with van der Waals surface area (Å²) in [5, 5.41) is 8.52. The third kappa shape index (κ3) is 4.92. The molecule has 0 bridgehead atoms. The van der Waals surface area contributed by atoms with E-state index < -0.39 is 0 Å². The van der Waals surface area contributed by atoms with Crippen LogP contribution in [0.15, 0.2) is 52.7 Å². The Bertz CT molecular complexity index is 794. The van der Waals surface area contributed by atoms with Gasteiger partial charge in [0.2, 0.25) is 0 Å². The molecule has 0 saturated carbocycles. The number of hydrogen-bond acceptors (Lipinski definition) is 6. The van der Waals surface area contributed by atoms with Crippen LogP contribution < -0.4 is 19.9 Å². The number of methoxy groups -OCH3 is 1. The van der Waals surface area contributed by atoms with Crippen molar-refractivity contribution < 1.29 is 14.2 Å². The first-order chi connectivity index (χ1) is 12.8. The second kappa shape index (κ2) is 9.15. The molecule has 6 nitrogen and oxygen atoms in total. The van der Waals surface area contributed by atoms with Crippen molar-refractivity contribution in [1.29, 1.82) is 0 Å². The van der Waals surface area contributed by atoms with Crippen molar-refractivity contribution in [2.75, 3.05) is 20.3 Å². The average Bonchev–Trinajstić information content (AvgIpc) is 2.91. The zero-order valence-corrected chi connectivity index (χ0v) is 15.4. The summed E-state index contributed by atoms with van der Waals surface area (Å²) in [4.78, 5) is 0. The Morgan fingerprint density at radius 1 is 1.19 bits per heavy atom. The quantitative estimate of drug-likeness (QED) is 0.495. The molecule has 0 aromatic heterocycles. The minimum Gasteiger partial charge on any atom is -0.496 e. The number of rotatable bonds is 5. The van der Waals surface area contributed by atoms with Gasteiger partial charge in [-0.2, -0.15) is 5.10 Å². The Morgan fingerprint density at radius 2 is 1.92 bits per heavy atom. The maximum Gasteiger partial charge on any atom is 0.180 e. The van der Waals surface area contributed by atoms with E-state index in [9.17, 15) is 0 Å². The minimum absolute atomic E-state index is 0.401. The van der Waals surface area contributed by atoms with E-state index in [1.165, 1.54) is 17.3 Å². The minimum atomic E-state index is 0.401. The number of benzene rings is 2. The summed E-state index contributed by atoms with van der Waals surface area (Å²) in [7, 11) is 1.60. The molecular weight excluding hydrogens is 350 g/mol. The third-order valence-electron chi connectivity index (χ3n) is 3.68. The lowest BCUT2D eigenvalue weighted by molar-refractivity contribution is 0.296. The van der Waals surface area contributed by atoms with Crippen LogP contribution in [0.1, 0.15) is 17.5 Å². The molecule has 1 aliphatic rings. The molecule has 1 aliphatic heterocycles. The maximum atomic E-state index is 5.91. The molecule has 0 aliphatic carbocycles. The van der Waals surface area contributed by atoms with Crippen LogP contribution in [0.4, 0.5) is 0 Å². The van der Waals surface area contributed by atoms with Gasteiger partial charge in [-0.1, -0.05) is 42.1 Å². The highest BCUT2D eigenvalue weighted by Gasteiger charge is 2.14. The van der Waals surface area contributed by atoms with Gasteiger partial charge in [0.05, 0.1) is 26.5 Å². The molecule has 0 spiro atoms. The zero-order valence-electron chi connectivity index (χ0n) is 14.6. The fraction of sp³-hybridized carbons (Fsp3) is 0.263. The molecule has 0 unspecified atom stereocenters. The normalized spacial score (nSPS) is 14.3. The molecule has 1 heterocycles. The van der Waals surface area contributed by atoms with Crippen LogP contribution >= 0.6 is 11.8 Å². The molecular formula is C19H21N3O3S. The lowest BCUT2D eigenvalue weighted by atomic mass is 10.2. The molecule has 2 aromatic rings. The Hall–Kier alpha value is -2.67. The highest BCUT2D eigenvalue weighted by Crippen LogP contribution is 2.35.